The summed E-state index contributed by atoms with van der Waals surface area (Å²) in [5, 5.41) is 18.4. The first kappa shape index (κ1) is 10.9. The molecule has 1 atom stereocenters. The van der Waals surface area contributed by atoms with Crippen LogP contribution in [-0.4, -0.2) is 16.0 Å². The molecular weight excluding hydrogens is 140 g/mol. The lowest BCUT2D eigenvalue weighted by molar-refractivity contribution is -0.169. The van der Waals surface area contributed by atoms with Crippen molar-refractivity contribution in [2.75, 3.05) is 0 Å². The largest absolute Gasteiger partial charge is 0.366 e. The summed E-state index contributed by atoms with van der Waals surface area (Å²) in [4.78, 5) is 0. The van der Waals surface area contributed by atoms with Crippen LogP contribution < -0.4 is 0 Å². The fourth-order valence-electron chi connectivity index (χ4n) is 0.858. The lowest BCUT2D eigenvalue weighted by atomic mass is 9.98. The highest BCUT2D eigenvalue weighted by atomic mass is 16.5. The Bertz CT molecular complexity index is 99.7. The molecule has 11 heavy (non-hydrogen) atoms. The molecule has 2 N–H and O–H groups in total. The van der Waals surface area contributed by atoms with E-state index < -0.39 is 5.79 Å². The maximum Gasteiger partial charge on any atom is 0.162 e. The van der Waals surface area contributed by atoms with Crippen molar-refractivity contribution in [3.05, 3.63) is 0 Å². The number of aliphatic hydroxyl groups is 2. The standard InChI is InChI=1S/C9H20O2/c1-4-8(3)6-7-9(10,11)5-2/h8,10-11H,4-7H2,1-3H3. The fourth-order valence-corrected chi connectivity index (χ4v) is 0.858. The molecule has 0 aliphatic heterocycles. The third-order valence-corrected chi connectivity index (χ3v) is 2.30. The summed E-state index contributed by atoms with van der Waals surface area (Å²) in [5.74, 6) is -0.830. The van der Waals surface area contributed by atoms with Gasteiger partial charge in [0.1, 0.15) is 0 Å². The average Bonchev–Trinajstić information content (AvgIpc) is 2.00. The summed E-state index contributed by atoms with van der Waals surface area (Å²) in [7, 11) is 0. The Morgan fingerprint density at radius 2 is 1.82 bits per heavy atom. The highest BCUT2D eigenvalue weighted by Crippen LogP contribution is 2.18. The minimum atomic E-state index is -1.43. The molecule has 0 amide bonds. The monoisotopic (exact) mass is 160 g/mol. The highest BCUT2D eigenvalue weighted by molar-refractivity contribution is 4.63. The number of rotatable bonds is 5. The van der Waals surface area contributed by atoms with Crippen LogP contribution in [0.3, 0.4) is 0 Å². The van der Waals surface area contributed by atoms with Gasteiger partial charge in [0.15, 0.2) is 5.79 Å². The molecule has 0 saturated heterocycles. The van der Waals surface area contributed by atoms with Crippen molar-refractivity contribution in [1.82, 2.24) is 0 Å². The van der Waals surface area contributed by atoms with Gasteiger partial charge in [0.25, 0.3) is 0 Å². The quantitative estimate of drug-likeness (QED) is 0.603. The first-order valence-electron chi connectivity index (χ1n) is 4.46. The zero-order chi connectivity index (χ0) is 8.91. The Morgan fingerprint density at radius 3 is 2.18 bits per heavy atom. The van der Waals surface area contributed by atoms with Gasteiger partial charge in [-0.2, -0.15) is 0 Å². The van der Waals surface area contributed by atoms with E-state index in [1.165, 1.54) is 0 Å². The van der Waals surface area contributed by atoms with Crippen molar-refractivity contribution in [1.29, 1.82) is 0 Å². The second kappa shape index (κ2) is 4.73. The van der Waals surface area contributed by atoms with Gasteiger partial charge in [-0.1, -0.05) is 27.2 Å². The molecule has 0 radical (unpaired) electrons. The van der Waals surface area contributed by atoms with E-state index in [1.54, 1.807) is 6.92 Å². The van der Waals surface area contributed by atoms with E-state index in [2.05, 4.69) is 13.8 Å². The Hall–Kier alpha value is -0.0800. The van der Waals surface area contributed by atoms with Crippen LogP contribution in [0.2, 0.25) is 0 Å². The summed E-state index contributed by atoms with van der Waals surface area (Å²) in [5.41, 5.74) is 0. The van der Waals surface area contributed by atoms with Crippen molar-refractivity contribution in [3.8, 4) is 0 Å². The van der Waals surface area contributed by atoms with E-state index in [4.69, 9.17) is 0 Å². The summed E-state index contributed by atoms with van der Waals surface area (Å²) in [6.45, 7) is 6.04. The van der Waals surface area contributed by atoms with E-state index in [0.717, 1.165) is 12.8 Å². The van der Waals surface area contributed by atoms with E-state index in [9.17, 15) is 10.2 Å². The van der Waals surface area contributed by atoms with Crippen LogP contribution in [0.4, 0.5) is 0 Å². The zero-order valence-electron chi connectivity index (χ0n) is 7.80. The van der Waals surface area contributed by atoms with Gasteiger partial charge in [-0.3, -0.25) is 0 Å². The molecule has 0 heterocycles. The second-order valence-corrected chi connectivity index (χ2v) is 3.39. The SMILES string of the molecule is CCC(C)CCC(O)(O)CC. The van der Waals surface area contributed by atoms with Crippen molar-refractivity contribution in [2.45, 2.75) is 52.2 Å². The molecule has 0 aromatic rings. The van der Waals surface area contributed by atoms with Crippen molar-refractivity contribution >= 4 is 0 Å². The van der Waals surface area contributed by atoms with Crippen LogP contribution in [0.5, 0.6) is 0 Å². The van der Waals surface area contributed by atoms with Crippen LogP contribution >= 0.6 is 0 Å². The van der Waals surface area contributed by atoms with Gasteiger partial charge in [0.2, 0.25) is 0 Å². The van der Waals surface area contributed by atoms with Crippen LogP contribution in [0.25, 0.3) is 0 Å². The first-order valence-corrected chi connectivity index (χ1v) is 4.46. The lowest BCUT2D eigenvalue weighted by Crippen LogP contribution is -2.27. The van der Waals surface area contributed by atoms with Gasteiger partial charge in [-0.05, 0) is 18.8 Å². The molecule has 0 aromatic heterocycles. The molecule has 1 unspecified atom stereocenters. The topological polar surface area (TPSA) is 40.5 Å². The molecule has 68 valence electrons. The summed E-state index contributed by atoms with van der Waals surface area (Å²) < 4.78 is 0. The Balaban J connectivity index is 3.52. The van der Waals surface area contributed by atoms with Crippen molar-refractivity contribution < 1.29 is 10.2 Å². The smallest absolute Gasteiger partial charge is 0.162 e. The first-order chi connectivity index (χ1) is 5.02. The minimum absolute atomic E-state index is 0.420. The lowest BCUT2D eigenvalue weighted by Gasteiger charge is -2.21. The van der Waals surface area contributed by atoms with Crippen molar-refractivity contribution in [3.63, 3.8) is 0 Å². The van der Waals surface area contributed by atoms with Gasteiger partial charge in [-0.25, -0.2) is 0 Å². The fraction of sp³-hybridized carbons (Fsp3) is 1.00. The number of hydrogen-bond acceptors (Lipinski definition) is 2. The Morgan fingerprint density at radius 1 is 1.27 bits per heavy atom. The second-order valence-electron chi connectivity index (χ2n) is 3.39. The summed E-state index contributed by atoms with van der Waals surface area (Å²) >= 11 is 0. The van der Waals surface area contributed by atoms with Crippen LogP contribution in [-0.2, 0) is 0 Å². The van der Waals surface area contributed by atoms with E-state index >= 15 is 0 Å². The van der Waals surface area contributed by atoms with Gasteiger partial charge in [0.05, 0.1) is 0 Å². The Labute approximate surface area is 69.2 Å². The van der Waals surface area contributed by atoms with Gasteiger partial charge < -0.3 is 10.2 Å². The molecule has 0 aliphatic carbocycles. The van der Waals surface area contributed by atoms with Crippen molar-refractivity contribution in [2.24, 2.45) is 5.92 Å². The molecular formula is C9H20O2. The van der Waals surface area contributed by atoms with Crippen LogP contribution in [0.15, 0.2) is 0 Å². The molecule has 0 saturated carbocycles. The maximum absolute atomic E-state index is 9.22. The zero-order valence-corrected chi connectivity index (χ0v) is 7.80. The maximum atomic E-state index is 9.22. The van der Waals surface area contributed by atoms with Gasteiger partial charge >= 0.3 is 0 Å². The van der Waals surface area contributed by atoms with Crippen LogP contribution in [0.1, 0.15) is 46.5 Å². The van der Waals surface area contributed by atoms with Gasteiger partial charge in [-0.15, -0.1) is 0 Å². The Kier molecular flexibility index (Phi) is 4.69. The molecule has 0 spiro atoms. The summed E-state index contributed by atoms with van der Waals surface area (Å²) in [6.07, 6.45) is 2.93. The molecule has 0 aliphatic rings. The molecule has 0 rings (SSSR count). The molecule has 0 aromatic carbocycles. The molecule has 2 nitrogen and oxygen atoms in total. The van der Waals surface area contributed by atoms with E-state index in [-0.39, 0.29) is 0 Å². The third kappa shape index (κ3) is 5.22. The van der Waals surface area contributed by atoms with E-state index in [0.29, 0.717) is 18.8 Å². The predicted octanol–water partition coefficient (Wildman–Crippen LogP) is 1.90. The average molecular weight is 160 g/mol. The minimum Gasteiger partial charge on any atom is -0.366 e. The normalized spacial score (nSPS) is 15.0. The third-order valence-electron chi connectivity index (χ3n) is 2.30. The molecule has 0 bridgehead atoms. The molecule has 0 fully saturated rings. The van der Waals surface area contributed by atoms with E-state index in [1.807, 2.05) is 0 Å². The van der Waals surface area contributed by atoms with Crippen LogP contribution in [0, 0.1) is 5.92 Å². The number of hydrogen-bond donors (Lipinski definition) is 2. The summed E-state index contributed by atoms with van der Waals surface area (Å²) in [6, 6.07) is 0. The highest BCUT2D eigenvalue weighted by Gasteiger charge is 2.19. The molecule has 2 heteroatoms. The van der Waals surface area contributed by atoms with Gasteiger partial charge in [0, 0.05) is 6.42 Å². The predicted molar refractivity (Wildman–Crippen MR) is 46.1 cm³/mol.